The van der Waals surface area contributed by atoms with Crippen LogP contribution in [-0.2, 0) is 9.47 Å². The molecule has 1 amide bonds. The first-order valence-corrected chi connectivity index (χ1v) is 9.29. The van der Waals surface area contributed by atoms with Crippen molar-refractivity contribution in [2.45, 2.75) is 51.7 Å². The van der Waals surface area contributed by atoms with E-state index in [0.29, 0.717) is 25.0 Å². The Balaban J connectivity index is 1.78. The molecule has 2 fully saturated rings. The molecule has 1 atom stereocenters. The van der Waals surface area contributed by atoms with E-state index in [1.807, 2.05) is 32.7 Å². The number of carbonyl (C=O) groups excluding carboxylic acids is 1. The number of nitrogens with zero attached hydrogens (tertiary/aromatic N) is 3. The molecule has 1 aliphatic heterocycles. The Bertz CT molecular complexity index is 465. The van der Waals surface area contributed by atoms with E-state index < -0.39 is 5.60 Å². The minimum Gasteiger partial charge on any atom is -0.444 e. The lowest BCUT2D eigenvalue weighted by molar-refractivity contribution is 0.0237. The van der Waals surface area contributed by atoms with E-state index in [1.165, 1.54) is 0 Å². The molecule has 1 saturated carbocycles. The van der Waals surface area contributed by atoms with Gasteiger partial charge in [0.25, 0.3) is 0 Å². The quantitative estimate of drug-likeness (QED) is 0.583. The Labute approximate surface area is 151 Å². The average molecular weight is 354 g/mol. The second kappa shape index (κ2) is 8.74. The van der Waals surface area contributed by atoms with Gasteiger partial charge in [-0.15, -0.1) is 0 Å². The van der Waals surface area contributed by atoms with Gasteiger partial charge in [0.05, 0.1) is 6.61 Å². The predicted octanol–water partition coefficient (Wildman–Crippen LogP) is 1.93. The van der Waals surface area contributed by atoms with E-state index in [2.05, 4.69) is 15.2 Å². The SMILES string of the molecule is CN=C(NCCN(C(=O)OC(C)(C)C)C1CC1)N(C)CC1CCOC1. The van der Waals surface area contributed by atoms with Gasteiger partial charge >= 0.3 is 6.09 Å². The van der Waals surface area contributed by atoms with E-state index in [4.69, 9.17) is 9.47 Å². The molecule has 1 saturated heterocycles. The monoisotopic (exact) mass is 354 g/mol. The number of aliphatic imine (C=N–C) groups is 1. The maximum absolute atomic E-state index is 12.4. The Morgan fingerprint density at radius 2 is 2.04 bits per heavy atom. The summed E-state index contributed by atoms with van der Waals surface area (Å²) in [5, 5.41) is 3.36. The van der Waals surface area contributed by atoms with Crippen molar-refractivity contribution in [1.82, 2.24) is 15.1 Å². The summed E-state index contributed by atoms with van der Waals surface area (Å²) in [6.45, 7) is 9.60. The van der Waals surface area contributed by atoms with Gasteiger partial charge in [0, 0.05) is 52.3 Å². The number of amides is 1. The number of nitrogens with one attached hydrogen (secondary N) is 1. The van der Waals surface area contributed by atoms with Gasteiger partial charge in [-0.3, -0.25) is 4.99 Å². The first-order valence-electron chi connectivity index (χ1n) is 9.29. The molecule has 2 rings (SSSR count). The van der Waals surface area contributed by atoms with E-state index in [9.17, 15) is 4.79 Å². The molecular weight excluding hydrogens is 320 g/mol. The standard InChI is InChI=1S/C18H34N4O3/c1-18(2,3)25-17(23)22(15-6-7-15)10-9-20-16(19-4)21(5)12-14-8-11-24-13-14/h14-15H,6-13H2,1-5H3,(H,19,20). The summed E-state index contributed by atoms with van der Waals surface area (Å²) in [6.07, 6.45) is 3.02. The van der Waals surface area contributed by atoms with Crippen LogP contribution in [-0.4, -0.2) is 80.4 Å². The number of carbonyl (C=O) groups is 1. The lowest BCUT2D eigenvalue weighted by Gasteiger charge is -2.29. The Morgan fingerprint density at radius 3 is 2.56 bits per heavy atom. The minimum absolute atomic E-state index is 0.219. The van der Waals surface area contributed by atoms with Gasteiger partial charge in [0.2, 0.25) is 0 Å². The summed E-state index contributed by atoms with van der Waals surface area (Å²) in [7, 11) is 3.83. The summed E-state index contributed by atoms with van der Waals surface area (Å²) in [5.74, 6) is 1.42. The molecule has 0 radical (unpaired) electrons. The van der Waals surface area contributed by atoms with Gasteiger partial charge in [0.15, 0.2) is 5.96 Å². The largest absolute Gasteiger partial charge is 0.444 e. The smallest absolute Gasteiger partial charge is 0.410 e. The summed E-state index contributed by atoms with van der Waals surface area (Å²) in [5.41, 5.74) is -0.461. The Kier molecular flexibility index (Phi) is 6.93. The number of guanidine groups is 1. The zero-order valence-electron chi connectivity index (χ0n) is 16.4. The molecule has 25 heavy (non-hydrogen) atoms. The van der Waals surface area contributed by atoms with Crippen LogP contribution in [0.3, 0.4) is 0 Å². The number of hydrogen-bond donors (Lipinski definition) is 1. The van der Waals surface area contributed by atoms with Crippen LogP contribution in [0, 0.1) is 5.92 Å². The van der Waals surface area contributed by atoms with E-state index >= 15 is 0 Å². The fourth-order valence-electron chi connectivity index (χ4n) is 3.00. The molecule has 144 valence electrons. The summed E-state index contributed by atoms with van der Waals surface area (Å²) in [4.78, 5) is 20.7. The third kappa shape index (κ3) is 6.72. The third-order valence-corrected chi connectivity index (χ3v) is 4.38. The van der Waals surface area contributed by atoms with Gasteiger partial charge in [-0.05, 0) is 40.0 Å². The molecule has 1 aliphatic carbocycles. The van der Waals surface area contributed by atoms with E-state index in [1.54, 1.807) is 7.05 Å². The van der Waals surface area contributed by atoms with Crippen molar-refractivity contribution >= 4 is 12.1 Å². The number of ether oxygens (including phenoxy) is 2. The Morgan fingerprint density at radius 1 is 1.32 bits per heavy atom. The number of hydrogen-bond acceptors (Lipinski definition) is 4. The highest BCUT2D eigenvalue weighted by Crippen LogP contribution is 2.28. The minimum atomic E-state index is -0.461. The van der Waals surface area contributed by atoms with Crippen LogP contribution in [0.15, 0.2) is 4.99 Å². The molecule has 1 N–H and O–H groups in total. The highest BCUT2D eigenvalue weighted by Gasteiger charge is 2.34. The highest BCUT2D eigenvalue weighted by atomic mass is 16.6. The predicted molar refractivity (Wildman–Crippen MR) is 98.9 cm³/mol. The fraction of sp³-hybridized carbons (Fsp3) is 0.889. The molecule has 0 bridgehead atoms. The lowest BCUT2D eigenvalue weighted by atomic mass is 10.1. The molecule has 0 aromatic heterocycles. The van der Waals surface area contributed by atoms with Crippen LogP contribution in [0.1, 0.15) is 40.0 Å². The van der Waals surface area contributed by atoms with Crippen LogP contribution in [0.5, 0.6) is 0 Å². The summed E-state index contributed by atoms with van der Waals surface area (Å²) >= 11 is 0. The first-order chi connectivity index (χ1) is 11.8. The van der Waals surface area contributed by atoms with E-state index in [-0.39, 0.29) is 6.09 Å². The third-order valence-electron chi connectivity index (χ3n) is 4.38. The second-order valence-corrected chi connectivity index (χ2v) is 7.99. The van der Waals surface area contributed by atoms with Crippen molar-refractivity contribution in [2.75, 3.05) is 46.9 Å². The molecule has 2 aliphatic rings. The first kappa shape index (κ1) is 19.8. The average Bonchev–Trinajstić information content (AvgIpc) is 3.22. The molecule has 0 aromatic carbocycles. The van der Waals surface area contributed by atoms with Crippen molar-refractivity contribution in [3.63, 3.8) is 0 Å². The maximum atomic E-state index is 12.4. The van der Waals surface area contributed by atoms with Crippen LogP contribution >= 0.6 is 0 Å². The van der Waals surface area contributed by atoms with Crippen LogP contribution < -0.4 is 5.32 Å². The van der Waals surface area contributed by atoms with Crippen molar-refractivity contribution in [3.05, 3.63) is 0 Å². The topological polar surface area (TPSA) is 66.4 Å². The maximum Gasteiger partial charge on any atom is 0.410 e. The fourth-order valence-corrected chi connectivity index (χ4v) is 3.00. The lowest BCUT2D eigenvalue weighted by Crippen LogP contribution is -2.46. The van der Waals surface area contributed by atoms with Crippen molar-refractivity contribution in [2.24, 2.45) is 10.9 Å². The molecule has 7 nitrogen and oxygen atoms in total. The summed E-state index contributed by atoms with van der Waals surface area (Å²) in [6, 6.07) is 0.326. The van der Waals surface area contributed by atoms with Gasteiger partial charge in [-0.1, -0.05) is 0 Å². The zero-order chi connectivity index (χ0) is 18.4. The molecule has 1 heterocycles. The van der Waals surface area contributed by atoms with Crippen molar-refractivity contribution in [1.29, 1.82) is 0 Å². The summed E-state index contributed by atoms with van der Waals surface area (Å²) < 4.78 is 11.0. The normalized spacial score (nSPS) is 21.2. The van der Waals surface area contributed by atoms with Gasteiger partial charge < -0.3 is 24.6 Å². The van der Waals surface area contributed by atoms with Gasteiger partial charge in [0.1, 0.15) is 5.60 Å². The van der Waals surface area contributed by atoms with Crippen molar-refractivity contribution in [3.8, 4) is 0 Å². The van der Waals surface area contributed by atoms with Gasteiger partial charge in [-0.2, -0.15) is 0 Å². The second-order valence-electron chi connectivity index (χ2n) is 7.99. The Hall–Kier alpha value is -1.50. The zero-order valence-corrected chi connectivity index (χ0v) is 16.4. The van der Waals surface area contributed by atoms with Crippen LogP contribution in [0.2, 0.25) is 0 Å². The molecule has 0 spiro atoms. The van der Waals surface area contributed by atoms with Crippen molar-refractivity contribution < 1.29 is 14.3 Å². The van der Waals surface area contributed by atoms with Gasteiger partial charge in [-0.25, -0.2) is 4.79 Å². The van der Waals surface area contributed by atoms with Crippen LogP contribution in [0.4, 0.5) is 4.79 Å². The van der Waals surface area contributed by atoms with E-state index in [0.717, 1.165) is 45.0 Å². The molecule has 7 heteroatoms. The molecule has 1 unspecified atom stereocenters. The van der Waals surface area contributed by atoms with Crippen LogP contribution in [0.25, 0.3) is 0 Å². The molecular formula is C18H34N4O3. The highest BCUT2D eigenvalue weighted by molar-refractivity contribution is 5.79. The molecule has 0 aromatic rings. The number of rotatable bonds is 6.